The van der Waals surface area contributed by atoms with Crippen molar-refractivity contribution in [2.75, 3.05) is 52.5 Å². The van der Waals surface area contributed by atoms with Crippen molar-refractivity contribution in [2.24, 2.45) is 0 Å². The van der Waals surface area contributed by atoms with Crippen LogP contribution in [-0.4, -0.2) is 52.6 Å². The number of ether oxygens (including phenoxy) is 6. The monoisotopic (exact) mass is 776 g/mol. The third-order valence-electron chi connectivity index (χ3n) is 10.1. The van der Waals surface area contributed by atoms with Gasteiger partial charge in [-0.05, 0) is 94.5 Å². The van der Waals surface area contributed by atoms with Crippen molar-refractivity contribution in [2.45, 2.75) is 26.2 Å². The number of nitrogens with zero attached hydrogens (tertiary/aromatic N) is 4. The molecule has 296 valence electrons. The fourth-order valence-electron chi connectivity index (χ4n) is 6.87. The molecule has 0 fully saturated rings. The first-order chi connectivity index (χ1) is 28.4. The van der Waals surface area contributed by atoms with Crippen molar-refractivity contribution < 1.29 is 28.4 Å². The molecule has 0 aliphatic rings. The number of pyridine rings is 2. The van der Waals surface area contributed by atoms with Crippen molar-refractivity contribution in [1.82, 2.24) is 9.97 Å². The molecule has 0 saturated heterocycles. The van der Waals surface area contributed by atoms with Crippen LogP contribution in [0.4, 0.5) is 11.6 Å². The minimum Gasteiger partial charge on any atom is -0.497 e. The number of aromatic nitrogens is 2. The Labute approximate surface area is 340 Å². The molecular formula is C48H48N4O6. The highest BCUT2D eigenvalue weighted by molar-refractivity contribution is 5.91. The third kappa shape index (κ3) is 9.35. The van der Waals surface area contributed by atoms with E-state index in [0.717, 1.165) is 78.9 Å². The number of hydrogen-bond donors (Lipinski definition) is 0. The summed E-state index contributed by atoms with van der Waals surface area (Å²) in [5, 5.41) is 0.895. The lowest BCUT2D eigenvalue weighted by molar-refractivity contribution is 0.394. The van der Waals surface area contributed by atoms with E-state index in [0.29, 0.717) is 37.7 Å². The molecule has 0 unspecified atom stereocenters. The number of benzene rings is 5. The Hall–Kier alpha value is -6.94. The second-order valence-corrected chi connectivity index (χ2v) is 13.8. The number of fused-ring (bicyclic) bond motifs is 1. The van der Waals surface area contributed by atoms with E-state index >= 15 is 0 Å². The summed E-state index contributed by atoms with van der Waals surface area (Å²) < 4.78 is 33.3. The summed E-state index contributed by atoms with van der Waals surface area (Å²) in [5.41, 5.74) is 7.07. The highest BCUT2D eigenvalue weighted by Gasteiger charge is 2.21. The SMILES string of the molecule is COc1ccc(CN(Cc2ccc(OC)cc2)c2cc3nc(N(Cc4ccc(OC)cc4)Cc4ccc(OC)cc4)c(-c4cc(OC)cc(OC)c4)cc3cn2)cc1. The van der Waals surface area contributed by atoms with E-state index in [9.17, 15) is 0 Å². The van der Waals surface area contributed by atoms with Gasteiger partial charge >= 0.3 is 0 Å². The van der Waals surface area contributed by atoms with Gasteiger partial charge in [-0.25, -0.2) is 9.97 Å². The second kappa shape index (κ2) is 18.3. The maximum atomic E-state index is 5.74. The van der Waals surface area contributed by atoms with Crippen molar-refractivity contribution in [3.05, 3.63) is 156 Å². The highest BCUT2D eigenvalue weighted by Crippen LogP contribution is 2.39. The first-order valence-electron chi connectivity index (χ1n) is 18.9. The summed E-state index contributed by atoms with van der Waals surface area (Å²) in [4.78, 5) is 15.1. The Balaban J connectivity index is 1.38. The van der Waals surface area contributed by atoms with Crippen LogP contribution in [0.25, 0.3) is 22.0 Å². The lowest BCUT2D eigenvalue weighted by atomic mass is 10.0. The Morgan fingerprint density at radius 2 is 0.793 bits per heavy atom. The molecule has 7 rings (SSSR count). The van der Waals surface area contributed by atoms with Gasteiger partial charge in [0.25, 0.3) is 0 Å². The van der Waals surface area contributed by atoms with Gasteiger partial charge in [-0.3, -0.25) is 0 Å². The molecule has 0 bridgehead atoms. The van der Waals surface area contributed by atoms with E-state index in [2.05, 4.69) is 70.5 Å². The minimum absolute atomic E-state index is 0.571. The first-order valence-corrected chi connectivity index (χ1v) is 18.9. The number of anilines is 2. The molecule has 0 saturated carbocycles. The molecule has 0 amide bonds. The zero-order valence-electron chi connectivity index (χ0n) is 33.8. The molecule has 58 heavy (non-hydrogen) atoms. The highest BCUT2D eigenvalue weighted by atomic mass is 16.5. The van der Waals surface area contributed by atoms with E-state index in [1.807, 2.05) is 72.9 Å². The Kier molecular flexibility index (Phi) is 12.4. The molecule has 0 atom stereocenters. The average molecular weight is 777 g/mol. The van der Waals surface area contributed by atoms with Crippen molar-refractivity contribution in [3.8, 4) is 45.6 Å². The average Bonchev–Trinajstić information content (AvgIpc) is 3.28. The Morgan fingerprint density at radius 1 is 0.414 bits per heavy atom. The summed E-state index contributed by atoms with van der Waals surface area (Å²) >= 11 is 0. The second-order valence-electron chi connectivity index (χ2n) is 13.8. The molecular weight excluding hydrogens is 729 g/mol. The normalized spacial score (nSPS) is 10.9. The summed E-state index contributed by atoms with van der Waals surface area (Å²) in [6, 6.07) is 42.7. The van der Waals surface area contributed by atoms with Gasteiger partial charge in [0.1, 0.15) is 46.1 Å². The van der Waals surface area contributed by atoms with Gasteiger partial charge in [-0.15, -0.1) is 0 Å². The maximum absolute atomic E-state index is 5.74. The minimum atomic E-state index is 0.571. The van der Waals surface area contributed by atoms with E-state index in [1.165, 1.54) is 0 Å². The van der Waals surface area contributed by atoms with Crippen LogP contribution in [0.5, 0.6) is 34.5 Å². The van der Waals surface area contributed by atoms with Gasteiger partial charge in [-0.1, -0.05) is 48.5 Å². The molecule has 10 nitrogen and oxygen atoms in total. The van der Waals surface area contributed by atoms with Crippen molar-refractivity contribution in [1.29, 1.82) is 0 Å². The lowest BCUT2D eigenvalue weighted by Gasteiger charge is -2.28. The fourth-order valence-corrected chi connectivity index (χ4v) is 6.87. The molecule has 2 heterocycles. The number of methoxy groups -OCH3 is 6. The molecule has 10 heteroatoms. The van der Waals surface area contributed by atoms with E-state index in [1.54, 1.807) is 42.7 Å². The van der Waals surface area contributed by atoms with Crippen LogP contribution >= 0.6 is 0 Å². The van der Waals surface area contributed by atoms with Gasteiger partial charge in [0, 0.05) is 55.5 Å². The fraction of sp³-hybridized carbons (Fsp3) is 0.208. The zero-order chi connectivity index (χ0) is 40.4. The molecule has 0 aliphatic heterocycles. The Bertz CT molecular complexity index is 2300. The summed E-state index contributed by atoms with van der Waals surface area (Å²) in [6.07, 6.45) is 1.91. The quantitative estimate of drug-likeness (QED) is 0.0891. The number of hydrogen-bond acceptors (Lipinski definition) is 10. The largest absolute Gasteiger partial charge is 0.497 e. The van der Waals surface area contributed by atoms with Crippen LogP contribution in [0.1, 0.15) is 22.3 Å². The standard InChI is InChI=1S/C48H48N4O6/c1-53-39-15-7-33(8-16-39)29-51(30-34-9-17-40(54-2)18-10-34)47-27-46-38(28-49-47)25-45(37-23-43(57-5)26-44(24-37)58-6)48(50-46)52(31-35-11-19-41(55-3)20-12-35)32-36-13-21-42(56-4)22-14-36/h7-28H,29-32H2,1-6H3. The summed E-state index contributed by atoms with van der Waals surface area (Å²) in [7, 11) is 10.0. The third-order valence-corrected chi connectivity index (χ3v) is 10.1. The van der Waals surface area contributed by atoms with Gasteiger partial charge < -0.3 is 38.2 Å². The van der Waals surface area contributed by atoms with Gasteiger partial charge in [-0.2, -0.15) is 0 Å². The molecule has 5 aromatic carbocycles. The number of rotatable bonds is 17. The summed E-state index contributed by atoms with van der Waals surface area (Å²) in [6.45, 7) is 2.37. The van der Waals surface area contributed by atoms with Crippen LogP contribution in [0, 0.1) is 0 Å². The zero-order valence-corrected chi connectivity index (χ0v) is 33.8. The lowest BCUT2D eigenvalue weighted by Crippen LogP contribution is -2.24. The maximum Gasteiger partial charge on any atom is 0.137 e. The molecule has 2 aromatic heterocycles. The topological polar surface area (TPSA) is 87.6 Å². The smallest absolute Gasteiger partial charge is 0.137 e. The molecule has 0 aliphatic carbocycles. The predicted octanol–water partition coefficient (Wildman–Crippen LogP) is 9.76. The molecule has 0 radical (unpaired) electrons. The van der Waals surface area contributed by atoms with Crippen LogP contribution in [0.2, 0.25) is 0 Å². The molecule has 0 N–H and O–H groups in total. The molecule has 7 aromatic rings. The van der Waals surface area contributed by atoms with Crippen molar-refractivity contribution in [3.63, 3.8) is 0 Å². The van der Waals surface area contributed by atoms with Crippen LogP contribution in [-0.2, 0) is 26.2 Å². The van der Waals surface area contributed by atoms with Gasteiger partial charge in [0.05, 0.1) is 48.2 Å². The summed E-state index contributed by atoms with van der Waals surface area (Å²) in [5.74, 6) is 6.17. The van der Waals surface area contributed by atoms with E-state index < -0.39 is 0 Å². The predicted molar refractivity (Wildman–Crippen MR) is 230 cm³/mol. The van der Waals surface area contributed by atoms with Crippen LogP contribution in [0.15, 0.2) is 134 Å². The van der Waals surface area contributed by atoms with Crippen molar-refractivity contribution >= 4 is 22.5 Å². The van der Waals surface area contributed by atoms with E-state index in [-0.39, 0.29) is 0 Å². The molecule has 0 spiro atoms. The van der Waals surface area contributed by atoms with Gasteiger partial charge in [0.2, 0.25) is 0 Å². The van der Waals surface area contributed by atoms with Crippen LogP contribution < -0.4 is 38.2 Å². The first kappa shape index (κ1) is 39.3. The Morgan fingerprint density at radius 3 is 1.17 bits per heavy atom. The van der Waals surface area contributed by atoms with Crippen LogP contribution in [0.3, 0.4) is 0 Å². The van der Waals surface area contributed by atoms with E-state index in [4.69, 9.17) is 38.4 Å². The van der Waals surface area contributed by atoms with Gasteiger partial charge in [0.15, 0.2) is 0 Å².